The molecule has 3 rings (SSSR count). The van der Waals surface area contributed by atoms with Gasteiger partial charge in [0.1, 0.15) is 18.1 Å². The molecule has 1 unspecified atom stereocenters. The number of ether oxygens (including phenoxy) is 2. The Morgan fingerprint density at radius 1 is 1.25 bits per heavy atom. The van der Waals surface area contributed by atoms with E-state index < -0.39 is 9.84 Å². The lowest BCUT2D eigenvalue weighted by Gasteiger charge is -2.30. The van der Waals surface area contributed by atoms with E-state index in [0.717, 1.165) is 24.9 Å². The Balaban J connectivity index is 2.25. The number of nitrogens with one attached hydrogen (secondary N) is 1. The second-order valence-corrected chi connectivity index (χ2v) is 7.55. The van der Waals surface area contributed by atoms with Crippen LogP contribution in [0, 0.1) is 0 Å². The van der Waals surface area contributed by atoms with Gasteiger partial charge in [-0.2, -0.15) is 0 Å². The van der Waals surface area contributed by atoms with Crippen LogP contribution in [0.4, 0.5) is 0 Å². The summed E-state index contributed by atoms with van der Waals surface area (Å²) in [4.78, 5) is 0.270. The number of benzene rings is 1. The molecule has 1 atom stereocenters. The minimum atomic E-state index is -3.40. The number of fused-ring (bicyclic) bond motifs is 1. The molecule has 1 N–H and O–H groups in total. The molecule has 0 saturated carbocycles. The molecule has 0 radical (unpaired) electrons. The highest BCUT2D eigenvalue weighted by atomic mass is 32.2. The van der Waals surface area contributed by atoms with Crippen molar-refractivity contribution < 1.29 is 17.9 Å². The van der Waals surface area contributed by atoms with Gasteiger partial charge in [-0.05, 0) is 37.9 Å². The van der Waals surface area contributed by atoms with Crippen molar-refractivity contribution in [2.24, 2.45) is 0 Å². The molecule has 0 amide bonds. The number of sulfone groups is 1. The lowest BCUT2D eigenvalue weighted by molar-refractivity contribution is 0.166. The van der Waals surface area contributed by atoms with Gasteiger partial charge in [0.15, 0.2) is 21.3 Å². The Morgan fingerprint density at radius 2 is 2.00 bits per heavy atom. The fourth-order valence-electron chi connectivity index (χ4n) is 3.02. The first-order valence-corrected chi connectivity index (χ1v) is 8.69. The normalized spacial score (nSPS) is 25.7. The zero-order valence-electron chi connectivity index (χ0n) is 11.7. The Kier molecular flexibility index (Phi) is 3.17. The van der Waals surface area contributed by atoms with Crippen LogP contribution in [0.5, 0.6) is 11.5 Å². The van der Waals surface area contributed by atoms with Crippen LogP contribution in [-0.4, -0.2) is 34.4 Å². The van der Waals surface area contributed by atoms with Crippen LogP contribution < -0.4 is 14.8 Å². The first-order chi connectivity index (χ1) is 9.42. The predicted octanol–water partition coefficient (Wildman–Crippen LogP) is 1.46. The average Bonchev–Trinajstić information content (AvgIpc) is 2.84. The SMILES string of the molecule is CC1(c2ccc3c(c2S(C)(=O)=O)OCCO3)CCCN1. The molecule has 0 aliphatic carbocycles. The van der Waals surface area contributed by atoms with E-state index >= 15 is 0 Å². The molecule has 110 valence electrons. The van der Waals surface area contributed by atoms with E-state index in [0.29, 0.717) is 24.7 Å². The second-order valence-electron chi connectivity index (χ2n) is 5.60. The zero-order chi connectivity index (χ0) is 14.4. The molecular weight excluding hydrogens is 278 g/mol. The molecule has 0 bridgehead atoms. The number of rotatable bonds is 2. The molecule has 1 fully saturated rings. The van der Waals surface area contributed by atoms with Crippen molar-refractivity contribution in [3.63, 3.8) is 0 Å². The molecule has 1 saturated heterocycles. The van der Waals surface area contributed by atoms with E-state index in [1.165, 1.54) is 6.26 Å². The molecule has 2 aliphatic rings. The van der Waals surface area contributed by atoms with Gasteiger partial charge >= 0.3 is 0 Å². The fraction of sp³-hybridized carbons (Fsp3) is 0.571. The monoisotopic (exact) mass is 297 g/mol. The third kappa shape index (κ3) is 2.16. The third-order valence-electron chi connectivity index (χ3n) is 4.00. The van der Waals surface area contributed by atoms with Crippen LogP contribution >= 0.6 is 0 Å². The van der Waals surface area contributed by atoms with Gasteiger partial charge in [0.2, 0.25) is 0 Å². The topological polar surface area (TPSA) is 64.6 Å². The van der Waals surface area contributed by atoms with Gasteiger partial charge in [-0.1, -0.05) is 6.07 Å². The van der Waals surface area contributed by atoms with Crippen molar-refractivity contribution in [2.45, 2.75) is 30.2 Å². The predicted molar refractivity (Wildman–Crippen MR) is 75.1 cm³/mol. The van der Waals surface area contributed by atoms with E-state index in [1.54, 1.807) is 0 Å². The second kappa shape index (κ2) is 4.63. The van der Waals surface area contributed by atoms with Crippen molar-refractivity contribution in [3.8, 4) is 11.5 Å². The highest BCUT2D eigenvalue weighted by Crippen LogP contribution is 2.44. The van der Waals surface area contributed by atoms with E-state index in [4.69, 9.17) is 9.47 Å². The summed E-state index contributed by atoms with van der Waals surface area (Å²) in [6.07, 6.45) is 3.17. The first kappa shape index (κ1) is 13.7. The van der Waals surface area contributed by atoms with Crippen LogP contribution in [0.25, 0.3) is 0 Å². The molecule has 0 spiro atoms. The van der Waals surface area contributed by atoms with Crippen LogP contribution in [0.15, 0.2) is 17.0 Å². The molecule has 1 aromatic carbocycles. The van der Waals surface area contributed by atoms with Gasteiger partial charge < -0.3 is 14.8 Å². The van der Waals surface area contributed by atoms with E-state index in [9.17, 15) is 8.42 Å². The summed E-state index contributed by atoms with van der Waals surface area (Å²) in [6.45, 7) is 3.77. The summed E-state index contributed by atoms with van der Waals surface area (Å²) in [6, 6.07) is 3.66. The van der Waals surface area contributed by atoms with Gasteiger partial charge in [-0.3, -0.25) is 0 Å². The van der Waals surface area contributed by atoms with Gasteiger partial charge in [-0.25, -0.2) is 8.42 Å². The minimum Gasteiger partial charge on any atom is -0.486 e. The molecular formula is C14H19NO4S. The summed E-state index contributed by atoms with van der Waals surface area (Å²) in [5, 5.41) is 3.41. The zero-order valence-corrected chi connectivity index (χ0v) is 12.5. The van der Waals surface area contributed by atoms with Gasteiger partial charge in [0.25, 0.3) is 0 Å². The van der Waals surface area contributed by atoms with Crippen LogP contribution in [-0.2, 0) is 15.4 Å². The van der Waals surface area contributed by atoms with Crippen LogP contribution in [0.1, 0.15) is 25.3 Å². The van der Waals surface area contributed by atoms with Crippen molar-refractivity contribution in [1.82, 2.24) is 5.32 Å². The summed E-state index contributed by atoms with van der Waals surface area (Å²) in [5.41, 5.74) is 0.454. The van der Waals surface area contributed by atoms with E-state index in [2.05, 4.69) is 5.32 Å². The lowest BCUT2D eigenvalue weighted by Crippen LogP contribution is -2.35. The summed E-state index contributed by atoms with van der Waals surface area (Å²) in [7, 11) is -3.40. The fourth-order valence-corrected chi connectivity index (χ4v) is 4.21. The van der Waals surface area contributed by atoms with Gasteiger partial charge in [-0.15, -0.1) is 0 Å². The molecule has 5 nitrogen and oxygen atoms in total. The third-order valence-corrected chi connectivity index (χ3v) is 5.14. The summed E-state index contributed by atoms with van der Waals surface area (Å²) >= 11 is 0. The lowest BCUT2D eigenvalue weighted by atomic mass is 9.90. The standard InChI is InChI=1S/C14H19NO4S/c1-14(6-3-7-15-14)10-4-5-11-12(19-9-8-18-11)13(10)20(2,16)17/h4-5,15H,3,6-9H2,1-2H3. The Labute approximate surface area is 119 Å². The number of hydrogen-bond donors (Lipinski definition) is 1. The average molecular weight is 297 g/mol. The molecule has 20 heavy (non-hydrogen) atoms. The maximum Gasteiger partial charge on any atom is 0.180 e. The molecule has 1 aromatic rings. The van der Waals surface area contributed by atoms with Crippen molar-refractivity contribution in [2.75, 3.05) is 26.0 Å². The largest absolute Gasteiger partial charge is 0.486 e. The van der Waals surface area contributed by atoms with Crippen LogP contribution in [0.2, 0.25) is 0 Å². The van der Waals surface area contributed by atoms with Crippen molar-refractivity contribution in [3.05, 3.63) is 17.7 Å². The molecule has 2 heterocycles. The smallest absolute Gasteiger partial charge is 0.180 e. The van der Waals surface area contributed by atoms with Crippen molar-refractivity contribution >= 4 is 9.84 Å². The highest BCUT2D eigenvalue weighted by Gasteiger charge is 2.37. The molecule has 0 aromatic heterocycles. The molecule has 2 aliphatic heterocycles. The Bertz CT molecular complexity index is 633. The van der Waals surface area contributed by atoms with E-state index in [1.807, 2.05) is 19.1 Å². The van der Waals surface area contributed by atoms with Crippen LogP contribution in [0.3, 0.4) is 0 Å². The number of hydrogen-bond acceptors (Lipinski definition) is 5. The molecule has 6 heteroatoms. The van der Waals surface area contributed by atoms with Crippen molar-refractivity contribution in [1.29, 1.82) is 0 Å². The maximum absolute atomic E-state index is 12.3. The summed E-state index contributed by atoms with van der Waals surface area (Å²) < 4.78 is 35.6. The van der Waals surface area contributed by atoms with Gasteiger partial charge in [0.05, 0.1) is 0 Å². The maximum atomic E-state index is 12.3. The Hall–Kier alpha value is -1.27. The first-order valence-electron chi connectivity index (χ1n) is 6.80. The summed E-state index contributed by atoms with van der Waals surface area (Å²) in [5.74, 6) is 0.883. The Morgan fingerprint density at radius 3 is 2.65 bits per heavy atom. The minimum absolute atomic E-state index is 0.270. The van der Waals surface area contributed by atoms with Gasteiger partial charge in [0, 0.05) is 11.8 Å². The van der Waals surface area contributed by atoms with E-state index in [-0.39, 0.29) is 10.4 Å². The quantitative estimate of drug-likeness (QED) is 0.895. The highest BCUT2D eigenvalue weighted by molar-refractivity contribution is 7.90.